The molecule has 4 nitrogen and oxygen atoms in total. The lowest BCUT2D eigenvalue weighted by atomic mass is 9.98. The van der Waals surface area contributed by atoms with Crippen molar-refractivity contribution in [2.45, 2.75) is 38.3 Å². The predicted octanol–water partition coefficient (Wildman–Crippen LogP) is 3.55. The van der Waals surface area contributed by atoms with Crippen LogP contribution in [0.1, 0.15) is 30.4 Å². The van der Waals surface area contributed by atoms with Crippen molar-refractivity contribution in [1.29, 1.82) is 0 Å². The molecule has 2 aliphatic heterocycles. The average molecular weight is 398 g/mol. The van der Waals surface area contributed by atoms with Gasteiger partial charge in [-0.15, -0.1) is 0 Å². The van der Waals surface area contributed by atoms with E-state index in [9.17, 15) is 18.4 Å². The van der Waals surface area contributed by atoms with Gasteiger partial charge in [0.05, 0.1) is 12.5 Å². The number of fused-ring (bicyclic) bond motifs is 1. The Morgan fingerprint density at radius 2 is 1.90 bits per heavy atom. The molecule has 2 aliphatic rings. The van der Waals surface area contributed by atoms with Gasteiger partial charge in [0, 0.05) is 26.1 Å². The number of amides is 2. The first-order chi connectivity index (χ1) is 14.0. The van der Waals surface area contributed by atoms with Gasteiger partial charge < -0.3 is 9.80 Å². The number of rotatable bonds is 4. The first-order valence-electron chi connectivity index (χ1n) is 10.1. The van der Waals surface area contributed by atoms with E-state index in [2.05, 4.69) is 0 Å². The molecule has 0 aliphatic carbocycles. The standard InChI is InChI=1S/C23H24F2N2O2/c24-19-8-3-5-16(11-19)13-27-21-15-26(14-18(21)7-4-10-22(27)28)23(29)12-17-6-1-2-9-20(17)25/h1-3,5-6,8-9,11,18,21H,4,7,10,12-15H2/t18-,21+/m1/s1. The first kappa shape index (κ1) is 19.6. The molecular formula is C23H24F2N2O2. The summed E-state index contributed by atoms with van der Waals surface area (Å²) in [5, 5.41) is 0. The largest absolute Gasteiger partial charge is 0.340 e. The van der Waals surface area contributed by atoms with Crippen LogP contribution in [0, 0.1) is 17.6 Å². The normalized spacial score (nSPS) is 21.8. The van der Waals surface area contributed by atoms with Crippen molar-refractivity contribution in [3.05, 3.63) is 71.3 Å². The highest BCUT2D eigenvalue weighted by Gasteiger charge is 2.41. The van der Waals surface area contributed by atoms with Crippen molar-refractivity contribution in [2.75, 3.05) is 13.1 Å². The fraction of sp³-hybridized carbons (Fsp3) is 0.391. The van der Waals surface area contributed by atoms with E-state index in [0.717, 1.165) is 18.4 Å². The van der Waals surface area contributed by atoms with E-state index in [1.165, 1.54) is 18.2 Å². The van der Waals surface area contributed by atoms with E-state index in [-0.39, 0.29) is 41.8 Å². The maximum absolute atomic E-state index is 13.9. The summed E-state index contributed by atoms with van der Waals surface area (Å²) < 4.78 is 27.5. The second-order valence-electron chi connectivity index (χ2n) is 7.94. The molecule has 2 aromatic rings. The van der Waals surface area contributed by atoms with Gasteiger partial charge in [-0.05, 0) is 48.1 Å². The molecule has 152 valence electrons. The molecule has 2 saturated heterocycles. The molecular weight excluding hydrogens is 374 g/mol. The summed E-state index contributed by atoms with van der Waals surface area (Å²) in [7, 11) is 0. The summed E-state index contributed by atoms with van der Waals surface area (Å²) in [6, 6.07) is 12.5. The van der Waals surface area contributed by atoms with Crippen LogP contribution in [0.2, 0.25) is 0 Å². The molecule has 2 amide bonds. The third kappa shape index (κ3) is 4.31. The second kappa shape index (κ2) is 8.31. The van der Waals surface area contributed by atoms with Crippen LogP contribution in [0.5, 0.6) is 0 Å². The summed E-state index contributed by atoms with van der Waals surface area (Å²) in [5.74, 6) is -0.585. The molecule has 0 bridgehead atoms. The quantitative estimate of drug-likeness (QED) is 0.790. The topological polar surface area (TPSA) is 40.6 Å². The highest BCUT2D eigenvalue weighted by Crippen LogP contribution is 2.32. The number of benzene rings is 2. The van der Waals surface area contributed by atoms with Crippen LogP contribution < -0.4 is 0 Å². The minimum atomic E-state index is -0.378. The van der Waals surface area contributed by atoms with Gasteiger partial charge >= 0.3 is 0 Å². The Kier molecular flexibility index (Phi) is 5.60. The molecule has 2 aromatic carbocycles. The molecule has 0 unspecified atom stereocenters. The zero-order chi connectivity index (χ0) is 20.4. The van der Waals surface area contributed by atoms with Gasteiger partial charge in [0.2, 0.25) is 11.8 Å². The molecule has 2 heterocycles. The summed E-state index contributed by atoms with van der Waals surface area (Å²) >= 11 is 0. The minimum Gasteiger partial charge on any atom is -0.340 e. The highest BCUT2D eigenvalue weighted by atomic mass is 19.1. The molecule has 0 saturated carbocycles. The SMILES string of the molecule is O=C(Cc1ccccc1F)N1C[C@H]2CCCC(=O)N(Cc3cccc(F)c3)[C@H]2C1. The van der Waals surface area contributed by atoms with E-state index in [0.29, 0.717) is 31.6 Å². The van der Waals surface area contributed by atoms with Crippen molar-refractivity contribution in [3.8, 4) is 0 Å². The van der Waals surface area contributed by atoms with Gasteiger partial charge in [-0.1, -0.05) is 30.3 Å². The van der Waals surface area contributed by atoms with Crippen LogP contribution in [0.15, 0.2) is 48.5 Å². The zero-order valence-electron chi connectivity index (χ0n) is 16.2. The van der Waals surface area contributed by atoms with Gasteiger partial charge in [-0.3, -0.25) is 9.59 Å². The van der Waals surface area contributed by atoms with Crippen molar-refractivity contribution in [1.82, 2.24) is 9.80 Å². The Labute approximate surface area is 169 Å². The molecule has 0 aromatic heterocycles. The van der Waals surface area contributed by atoms with Gasteiger partial charge in [0.1, 0.15) is 11.6 Å². The Hall–Kier alpha value is -2.76. The second-order valence-corrected chi connectivity index (χ2v) is 7.94. The van der Waals surface area contributed by atoms with E-state index < -0.39 is 0 Å². The third-order valence-electron chi connectivity index (χ3n) is 5.99. The van der Waals surface area contributed by atoms with Gasteiger partial charge in [0.25, 0.3) is 0 Å². The smallest absolute Gasteiger partial charge is 0.227 e. The van der Waals surface area contributed by atoms with Crippen LogP contribution in [0.4, 0.5) is 8.78 Å². The van der Waals surface area contributed by atoms with Crippen LogP contribution in [-0.2, 0) is 22.6 Å². The lowest BCUT2D eigenvalue weighted by Crippen LogP contribution is -2.43. The maximum Gasteiger partial charge on any atom is 0.227 e. The van der Waals surface area contributed by atoms with E-state index in [4.69, 9.17) is 0 Å². The average Bonchev–Trinajstić information content (AvgIpc) is 3.06. The van der Waals surface area contributed by atoms with Gasteiger partial charge in [-0.25, -0.2) is 8.78 Å². The Morgan fingerprint density at radius 3 is 2.69 bits per heavy atom. The fourth-order valence-electron chi connectivity index (χ4n) is 4.49. The van der Waals surface area contributed by atoms with Gasteiger partial charge in [-0.2, -0.15) is 0 Å². The van der Waals surface area contributed by atoms with E-state index in [1.807, 2.05) is 11.0 Å². The lowest BCUT2D eigenvalue weighted by Gasteiger charge is -2.30. The van der Waals surface area contributed by atoms with Crippen molar-refractivity contribution in [3.63, 3.8) is 0 Å². The number of hydrogen-bond donors (Lipinski definition) is 0. The first-order valence-corrected chi connectivity index (χ1v) is 10.1. The predicted molar refractivity (Wildman–Crippen MR) is 105 cm³/mol. The third-order valence-corrected chi connectivity index (χ3v) is 5.99. The van der Waals surface area contributed by atoms with Crippen LogP contribution >= 0.6 is 0 Å². The van der Waals surface area contributed by atoms with Crippen molar-refractivity contribution < 1.29 is 18.4 Å². The summed E-state index contributed by atoms with van der Waals surface area (Å²) in [6.07, 6.45) is 2.16. The lowest BCUT2D eigenvalue weighted by molar-refractivity contribution is -0.135. The maximum atomic E-state index is 13.9. The van der Waals surface area contributed by atoms with Crippen LogP contribution in [-0.4, -0.2) is 40.7 Å². The number of nitrogens with zero attached hydrogens (tertiary/aromatic N) is 2. The Bertz CT molecular complexity index is 917. The van der Waals surface area contributed by atoms with Crippen LogP contribution in [0.25, 0.3) is 0 Å². The molecule has 2 fully saturated rings. The molecule has 2 atom stereocenters. The number of carbonyl (C=O) groups is 2. The number of carbonyl (C=O) groups excluding carboxylic acids is 2. The Morgan fingerprint density at radius 1 is 1.07 bits per heavy atom. The molecule has 29 heavy (non-hydrogen) atoms. The zero-order valence-corrected chi connectivity index (χ0v) is 16.2. The molecule has 0 spiro atoms. The number of hydrogen-bond acceptors (Lipinski definition) is 2. The summed E-state index contributed by atoms with van der Waals surface area (Å²) in [5.41, 5.74) is 1.13. The fourth-order valence-corrected chi connectivity index (χ4v) is 4.49. The van der Waals surface area contributed by atoms with Crippen LogP contribution in [0.3, 0.4) is 0 Å². The monoisotopic (exact) mass is 398 g/mol. The van der Waals surface area contributed by atoms with E-state index >= 15 is 0 Å². The summed E-state index contributed by atoms with van der Waals surface area (Å²) in [6.45, 7) is 1.36. The van der Waals surface area contributed by atoms with E-state index in [1.54, 1.807) is 29.2 Å². The van der Waals surface area contributed by atoms with Gasteiger partial charge in [0.15, 0.2) is 0 Å². The molecule has 6 heteroatoms. The van der Waals surface area contributed by atoms with Crippen molar-refractivity contribution >= 4 is 11.8 Å². The Balaban J connectivity index is 1.50. The molecule has 0 radical (unpaired) electrons. The number of likely N-dealkylation sites (tertiary alicyclic amines) is 2. The van der Waals surface area contributed by atoms with Crippen molar-refractivity contribution in [2.24, 2.45) is 5.92 Å². The highest BCUT2D eigenvalue weighted by molar-refractivity contribution is 5.80. The summed E-state index contributed by atoms with van der Waals surface area (Å²) in [4.78, 5) is 29.1. The molecule has 0 N–H and O–H groups in total. The number of halogens is 2. The molecule has 4 rings (SSSR count). The minimum absolute atomic E-state index is 0.0178.